The summed E-state index contributed by atoms with van der Waals surface area (Å²) < 4.78 is 11.0. The predicted octanol–water partition coefficient (Wildman–Crippen LogP) is 2.45. The van der Waals surface area contributed by atoms with Crippen molar-refractivity contribution in [2.75, 3.05) is 19.8 Å². The lowest BCUT2D eigenvalue weighted by atomic mass is 10.1. The third-order valence-corrected chi connectivity index (χ3v) is 3.30. The Morgan fingerprint density at radius 2 is 2.32 bits per heavy atom. The smallest absolute Gasteiger partial charge is 0.161 e. The molecule has 0 spiro atoms. The van der Waals surface area contributed by atoms with Crippen LogP contribution in [0.25, 0.3) is 0 Å². The van der Waals surface area contributed by atoms with E-state index >= 15 is 0 Å². The quantitative estimate of drug-likeness (QED) is 0.829. The molecule has 2 N–H and O–H groups in total. The molecule has 1 fully saturated rings. The highest BCUT2D eigenvalue weighted by Crippen LogP contribution is 2.26. The van der Waals surface area contributed by atoms with E-state index in [1.54, 1.807) is 6.07 Å². The van der Waals surface area contributed by atoms with Crippen LogP contribution in [0.5, 0.6) is 11.5 Å². The molecule has 19 heavy (non-hydrogen) atoms. The Labute approximate surface area is 114 Å². The maximum Gasteiger partial charge on any atom is 0.161 e. The van der Waals surface area contributed by atoms with Gasteiger partial charge in [-0.15, -0.1) is 0 Å². The lowest BCUT2D eigenvalue weighted by Gasteiger charge is -2.22. The molecular formula is C15H23NO3. The summed E-state index contributed by atoms with van der Waals surface area (Å²) in [5.74, 6) is 0.747. The summed E-state index contributed by atoms with van der Waals surface area (Å²) in [7, 11) is 0. The van der Waals surface area contributed by atoms with Gasteiger partial charge in [-0.25, -0.2) is 0 Å². The van der Waals surface area contributed by atoms with Crippen LogP contribution in [0.1, 0.15) is 31.7 Å². The first-order chi connectivity index (χ1) is 9.29. The number of aromatic hydroxyl groups is 1. The molecule has 0 saturated carbocycles. The van der Waals surface area contributed by atoms with Crippen LogP contribution in [-0.4, -0.2) is 31.0 Å². The van der Waals surface area contributed by atoms with Crippen LogP contribution in [0.3, 0.4) is 0 Å². The molecule has 0 radical (unpaired) electrons. The third kappa shape index (κ3) is 4.40. The van der Waals surface area contributed by atoms with Crippen molar-refractivity contribution in [3.05, 3.63) is 23.8 Å². The molecule has 106 valence electrons. The molecule has 1 aromatic carbocycles. The number of hydrogen-bond donors (Lipinski definition) is 2. The summed E-state index contributed by atoms with van der Waals surface area (Å²) in [6.07, 6.45) is 3.94. The molecule has 1 aromatic rings. The summed E-state index contributed by atoms with van der Waals surface area (Å²) in [5.41, 5.74) is 1.11. The fraction of sp³-hybridized carbons (Fsp3) is 0.600. The molecular weight excluding hydrogens is 242 g/mol. The first-order valence-corrected chi connectivity index (χ1v) is 7.06. The van der Waals surface area contributed by atoms with E-state index in [4.69, 9.17) is 9.47 Å². The minimum atomic E-state index is 0.196. The zero-order chi connectivity index (χ0) is 13.5. The Bertz CT molecular complexity index is 389. The Hall–Kier alpha value is -1.26. The van der Waals surface area contributed by atoms with Gasteiger partial charge in [-0.3, -0.25) is 0 Å². The molecule has 1 aliphatic rings. The number of ether oxygens (including phenoxy) is 2. The maximum absolute atomic E-state index is 9.63. The lowest BCUT2D eigenvalue weighted by Crippen LogP contribution is -2.31. The summed E-state index contributed by atoms with van der Waals surface area (Å²) in [5, 5.41) is 13.0. The van der Waals surface area contributed by atoms with Gasteiger partial charge in [0.25, 0.3) is 0 Å². The second kappa shape index (κ2) is 7.36. The van der Waals surface area contributed by atoms with Crippen LogP contribution >= 0.6 is 0 Å². The van der Waals surface area contributed by atoms with E-state index in [-0.39, 0.29) is 5.75 Å². The van der Waals surface area contributed by atoms with E-state index in [1.165, 1.54) is 12.8 Å². The van der Waals surface area contributed by atoms with E-state index in [0.717, 1.165) is 31.7 Å². The predicted molar refractivity (Wildman–Crippen MR) is 74.6 cm³/mol. The molecule has 4 heteroatoms. The average molecular weight is 265 g/mol. The van der Waals surface area contributed by atoms with Crippen LogP contribution < -0.4 is 10.1 Å². The molecule has 0 bridgehead atoms. The molecule has 1 heterocycles. The van der Waals surface area contributed by atoms with Crippen LogP contribution in [0.2, 0.25) is 0 Å². The standard InChI is InChI=1S/C15H23NO3/c1-2-18-15-9-12(6-7-14(15)17)10-16-11-13-5-3-4-8-19-13/h6-7,9,13,16-17H,2-5,8,10-11H2,1H3. The van der Waals surface area contributed by atoms with Gasteiger partial charge in [0, 0.05) is 19.7 Å². The van der Waals surface area contributed by atoms with Gasteiger partial charge < -0.3 is 19.9 Å². The number of hydrogen-bond acceptors (Lipinski definition) is 4. The van der Waals surface area contributed by atoms with Gasteiger partial charge >= 0.3 is 0 Å². The average Bonchev–Trinajstić information content (AvgIpc) is 2.44. The minimum absolute atomic E-state index is 0.196. The summed E-state index contributed by atoms with van der Waals surface area (Å²) in [6.45, 7) is 5.00. The first kappa shape index (κ1) is 14.2. The SMILES string of the molecule is CCOc1cc(CNCC2CCCCO2)ccc1O. The number of phenols is 1. The van der Waals surface area contributed by atoms with Gasteiger partial charge in [-0.1, -0.05) is 6.07 Å². The zero-order valence-electron chi connectivity index (χ0n) is 11.5. The van der Waals surface area contributed by atoms with Gasteiger partial charge in [-0.2, -0.15) is 0 Å². The number of phenolic OH excluding ortho intramolecular Hbond substituents is 1. The maximum atomic E-state index is 9.63. The minimum Gasteiger partial charge on any atom is -0.504 e. The van der Waals surface area contributed by atoms with Crippen molar-refractivity contribution in [2.45, 2.75) is 38.8 Å². The van der Waals surface area contributed by atoms with Crippen LogP contribution in [0.4, 0.5) is 0 Å². The van der Waals surface area contributed by atoms with Gasteiger partial charge in [0.2, 0.25) is 0 Å². The van der Waals surface area contributed by atoms with Crippen molar-refractivity contribution in [3.63, 3.8) is 0 Å². The van der Waals surface area contributed by atoms with Gasteiger partial charge in [0.1, 0.15) is 0 Å². The normalized spacial score (nSPS) is 19.3. The van der Waals surface area contributed by atoms with Gasteiger partial charge in [-0.05, 0) is 43.9 Å². The molecule has 0 aliphatic carbocycles. The lowest BCUT2D eigenvalue weighted by molar-refractivity contribution is 0.0168. The van der Waals surface area contributed by atoms with Crippen molar-refractivity contribution < 1.29 is 14.6 Å². The van der Waals surface area contributed by atoms with Crippen molar-refractivity contribution in [1.82, 2.24) is 5.32 Å². The molecule has 1 atom stereocenters. The second-order valence-corrected chi connectivity index (χ2v) is 4.85. The Kier molecular flexibility index (Phi) is 5.48. The van der Waals surface area contributed by atoms with Crippen LogP contribution in [-0.2, 0) is 11.3 Å². The topological polar surface area (TPSA) is 50.7 Å². The molecule has 0 amide bonds. The van der Waals surface area contributed by atoms with E-state index in [2.05, 4.69) is 5.32 Å². The highest BCUT2D eigenvalue weighted by molar-refractivity contribution is 5.41. The number of benzene rings is 1. The van der Waals surface area contributed by atoms with Crippen molar-refractivity contribution in [3.8, 4) is 11.5 Å². The fourth-order valence-electron chi connectivity index (χ4n) is 2.29. The summed E-state index contributed by atoms with van der Waals surface area (Å²) >= 11 is 0. The van der Waals surface area contributed by atoms with Crippen molar-refractivity contribution >= 4 is 0 Å². The molecule has 4 nitrogen and oxygen atoms in total. The fourth-order valence-corrected chi connectivity index (χ4v) is 2.29. The van der Waals surface area contributed by atoms with E-state index in [1.807, 2.05) is 19.1 Å². The highest BCUT2D eigenvalue weighted by Gasteiger charge is 2.13. The Morgan fingerprint density at radius 3 is 3.05 bits per heavy atom. The molecule has 1 unspecified atom stereocenters. The Balaban J connectivity index is 1.80. The van der Waals surface area contributed by atoms with Crippen LogP contribution in [0, 0.1) is 0 Å². The van der Waals surface area contributed by atoms with Crippen molar-refractivity contribution in [1.29, 1.82) is 0 Å². The van der Waals surface area contributed by atoms with Gasteiger partial charge in [0.15, 0.2) is 11.5 Å². The van der Waals surface area contributed by atoms with Crippen molar-refractivity contribution in [2.24, 2.45) is 0 Å². The molecule has 0 aromatic heterocycles. The zero-order valence-corrected chi connectivity index (χ0v) is 11.5. The second-order valence-electron chi connectivity index (χ2n) is 4.85. The number of nitrogens with one attached hydrogen (secondary N) is 1. The van der Waals surface area contributed by atoms with E-state index < -0.39 is 0 Å². The molecule has 2 rings (SSSR count). The number of rotatable bonds is 6. The van der Waals surface area contributed by atoms with E-state index in [0.29, 0.717) is 18.5 Å². The largest absolute Gasteiger partial charge is 0.504 e. The van der Waals surface area contributed by atoms with Gasteiger partial charge in [0.05, 0.1) is 12.7 Å². The Morgan fingerprint density at radius 1 is 1.42 bits per heavy atom. The van der Waals surface area contributed by atoms with E-state index in [9.17, 15) is 5.11 Å². The summed E-state index contributed by atoms with van der Waals surface area (Å²) in [4.78, 5) is 0. The first-order valence-electron chi connectivity index (χ1n) is 7.06. The monoisotopic (exact) mass is 265 g/mol. The van der Waals surface area contributed by atoms with Crippen LogP contribution in [0.15, 0.2) is 18.2 Å². The molecule has 1 aliphatic heterocycles. The third-order valence-electron chi connectivity index (χ3n) is 3.30. The summed E-state index contributed by atoms with van der Waals surface area (Å²) in [6, 6.07) is 5.47. The highest BCUT2D eigenvalue weighted by atomic mass is 16.5. The molecule has 1 saturated heterocycles.